The zero-order valence-corrected chi connectivity index (χ0v) is 14.8. The van der Waals surface area contributed by atoms with Crippen LogP contribution in [0.15, 0.2) is 5.38 Å². The minimum absolute atomic E-state index is 0.0540. The van der Waals surface area contributed by atoms with E-state index in [0.717, 1.165) is 17.8 Å². The Morgan fingerprint density at radius 2 is 2.09 bits per heavy atom. The van der Waals surface area contributed by atoms with E-state index in [1.54, 1.807) is 10.3 Å². The number of hydrogen-bond donors (Lipinski definition) is 1. The quantitative estimate of drug-likeness (QED) is 0.836. The molecule has 2 amide bonds. The van der Waals surface area contributed by atoms with Gasteiger partial charge >= 0.3 is 12.0 Å². The molecular weight excluding hydrogens is 314 g/mol. The number of nitrogens with one attached hydrogen (secondary N) is 1. The number of hydrogen-bond acceptors (Lipinski definition) is 5. The van der Waals surface area contributed by atoms with E-state index in [1.807, 2.05) is 13.8 Å². The molecule has 2 rings (SSSR count). The van der Waals surface area contributed by atoms with Crippen LogP contribution in [0.1, 0.15) is 61.4 Å². The Hall–Kier alpha value is -1.63. The molecule has 1 N–H and O–H groups in total. The number of aromatic nitrogens is 1. The number of ether oxygens (including phenoxy) is 1. The molecule has 128 valence electrons. The first-order chi connectivity index (χ1) is 11.0. The van der Waals surface area contributed by atoms with Crippen LogP contribution in [0, 0.1) is 0 Å². The van der Waals surface area contributed by atoms with Crippen LogP contribution >= 0.6 is 11.3 Å². The molecule has 0 unspecified atom stereocenters. The minimum atomic E-state index is -0.449. The second-order valence-corrected chi connectivity index (χ2v) is 7.07. The Balaban J connectivity index is 1.98. The van der Waals surface area contributed by atoms with Gasteiger partial charge in [-0.3, -0.25) is 0 Å². The van der Waals surface area contributed by atoms with Gasteiger partial charge in [0.2, 0.25) is 0 Å². The van der Waals surface area contributed by atoms with Crippen LogP contribution < -0.4 is 5.32 Å². The van der Waals surface area contributed by atoms with Gasteiger partial charge < -0.3 is 15.0 Å². The zero-order chi connectivity index (χ0) is 16.8. The van der Waals surface area contributed by atoms with E-state index in [-0.39, 0.29) is 18.1 Å². The van der Waals surface area contributed by atoms with Crippen molar-refractivity contribution in [3.05, 3.63) is 16.1 Å². The number of methoxy groups -OCH3 is 1. The summed E-state index contributed by atoms with van der Waals surface area (Å²) in [5, 5.41) is 5.53. The van der Waals surface area contributed by atoms with Crippen molar-refractivity contribution in [3.8, 4) is 0 Å². The highest BCUT2D eigenvalue weighted by Crippen LogP contribution is 2.19. The largest absolute Gasteiger partial charge is 0.464 e. The number of carbonyl (C=O) groups excluding carboxylic acids is 2. The van der Waals surface area contributed by atoms with Crippen LogP contribution in [-0.4, -0.2) is 41.1 Å². The lowest BCUT2D eigenvalue weighted by atomic mass is 9.96. The molecule has 6 nitrogen and oxygen atoms in total. The molecule has 1 saturated carbocycles. The van der Waals surface area contributed by atoms with Crippen molar-refractivity contribution >= 4 is 23.3 Å². The second-order valence-electron chi connectivity index (χ2n) is 6.12. The summed E-state index contributed by atoms with van der Waals surface area (Å²) < 4.78 is 4.66. The second kappa shape index (κ2) is 8.29. The van der Waals surface area contributed by atoms with Crippen molar-refractivity contribution in [1.82, 2.24) is 15.2 Å². The van der Waals surface area contributed by atoms with E-state index in [1.165, 1.54) is 37.7 Å². The maximum absolute atomic E-state index is 12.6. The van der Waals surface area contributed by atoms with Crippen LogP contribution in [0.25, 0.3) is 0 Å². The fourth-order valence-corrected chi connectivity index (χ4v) is 3.48. The molecule has 0 radical (unpaired) electrons. The third-order valence-electron chi connectivity index (χ3n) is 4.07. The molecule has 1 aromatic rings. The predicted molar refractivity (Wildman–Crippen MR) is 89.5 cm³/mol. The lowest BCUT2D eigenvalue weighted by Gasteiger charge is -2.30. The first-order valence-corrected chi connectivity index (χ1v) is 8.99. The molecule has 0 aliphatic heterocycles. The van der Waals surface area contributed by atoms with Gasteiger partial charge in [0.25, 0.3) is 0 Å². The van der Waals surface area contributed by atoms with E-state index in [9.17, 15) is 9.59 Å². The zero-order valence-electron chi connectivity index (χ0n) is 14.0. The highest BCUT2D eigenvalue weighted by molar-refractivity contribution is 7.09. The Kier molecular flexibility index (Phi) is 6.38. The molecular formula is C16H25N3O3S. The number of esters is 1. The van der Waals surface area contributed by atoms with Gasteiger partial charge in [-0.25, -0.2) is 14.6 Å². The van der Waals surface area contributed by atoms with Gasteiger partial charge in [-0.2, -0.15) is 0 Å². The van der Waals surface area contributed by atoms with Gasteiger partial charge in [0.05, 0.1) is 13.7 Å². The van der Waals surface area contributed by atoms with Crippen molar-refractivity contribution in [3.63, 3.8) is 0 Å². The van der Waals surface area contributed by atoms with Crippen LogP contribution in [0.5, 0.6) is 0 Å². The topological polar surface area (TPSA) is 71.5 Å². The lowest BCUT2D eigenvalue weighted by Crippen LogP contribution is -2.47. The SMILES string of the molecule is COC(=O)c1csc(CN(C(=O)NC2CCCCC2)C(C)C)n1. The molecule has 1 aliphatic carbocycles. The number of amides is 2. The maximum atomic E-state index is 12.6. The molecule has 0 saturated heterocycles. The Labute approximate surface area is 141 Å². The number of carbonyl (C=O) groups is 2. The normalized spacial score (nSPS) is 15.5. The highest BCUT2D eigenvalue weighted by atomic mass is 32.1. The van der Waals surface area contributed by atoms with Crippen molar-refractivity contribution in [2.75, 3.05) is 7.11 Å². The molecule has 1 heterocycles. The molecule has 1 aromatic heterocycles. The highest BCUT2D eigenvalue weighted by Gasteiger charge is 2.23. The molecule has 1 fully saturated rings. The fourth-order valence-electron chi connectivity index (χ4n) is 2.72. The van der Waals surface area contributed by atoms with Crippen LogP contribution in [0.4, 0.5) is 4.79 Å². The first kappa shape index (κ1) is 17.7. The summed E-state index contributed by atoms with van der Waals surface area (Å²) in [6.45, 7) is 4.36. The average Bonchev–Trinajstić information content (AvgIpc) is 3.01. The van der Waals surface area contributed by atoms with E-state index < -0.39 is 5.97 Å². The summed E-state index contributed by atoms with van der Waals surface area (Å²) in [6, 6.07) is 0.283. The summed E-state index contributed by atoms with van der Waals surface area (Å²) in [5.41, 5.74) is 0.295. The number of nitrogens with zero attached hydrogens (tertiary/aromatic N) is 2. The Morgan fingerprint density at radius 1 is 1.39 bits per heavy atom. The van der Waals surface area contributed by atoms with Crippen molar-refractivity contribution in [2.45, 2.75) is 64.6 Å². The Morgan fingerprint density at radius 3 is 2.70 bits per heavy atom. The van der Waals surface area contributed by atoms with Gasteiger partial charge in [0.15, 0.2) is 5.69 Å². The summed E-state index contributed by atoms with van der Waals surface area (Å²) >= 11 is 1.37. The molecule has 1 aliphatic rings. The molecule has 0 aromatic carbocycles. The van der Waals surface area contributed by atoms with Crippen LogP contribution in [0.3, 0.4) is 0 Å². The van der Waals surface area contributed by atoms with Gasteiger partial charge in [0, 0.05) is 17.5 Å². The number of thiazole rings is 1. The molecule has 23 heavy (non-hydrogen) atoms. The van der Waals surface area contributed by atoms with E-state index >= 15 is 0 Å². The molecule has 0 spiro atoms. The van der Waals surface area contributed by atoms with Crippen molar-refractivity contribution < 1.29 is 14.3 Å². The van der Waals surface area contributed by atoms with Crippen LogP contribution in [-0.2, 0) is 11.3 Å². The van der Waals surface area contributed by atoms with E-state index in [4.69, 9.17) is 0 Å². The fraction of sp³-hybridized carbons (Fsp3) is 0.688. The third kappa shape index (κ3) is 4.92. The summed E-state index contributed by atoms with van der Waals surface area (Å²) in [6.07, 6.45) is 5.74. The average molecular weight is 339 g/mol. The van der Waals surface area contributed by atoms with Crippen LogP contribution in [0.2, 0.25) is 0 Å². The molecule has 0 bridgehead atoms. The van der Waals surface area contributed by atoms with Gasteiger partial charge in [-0.1, -0.05) is 19.3 Å². The Bertz CT molecular complexity index is 538. The summed E-state index contributed by atoms with van der Waals surface area (Å²) in [4.78, 5) is 30.0. The van der Waals surface area contributed by atoms with E-state index in [2.05, 4.69) is 15.0 Å². The summed E-state index contributed by atoms with van der Waals surface area (Å²) in [7, 11) is 1.33. The number of urea groups is 1. The van der Waals surface area contributed by atoms with Gasteiger partial charge in [-0.05, 0) is 26.7 Å². The summed E-state index contributed by atoms with van der Waals surface area (Å²) in [5.74, 6) is -0.449. The monoisotopic (exact) mass is 339 g/mol. The standard InChI is InChI=1S/C16H25N3O3S/c1-11(2)19(16(21)17-12-7-5-4-6-8-12)9-14-18-13(10-23-14)15(20)22-3/h10-12H,4-9H2,1-3H3,(H,17,21). The van der Waals surface area contributed by atoms with Crippen molar-refractivity contribution in [2.24, 2.45) is 0 Å². The van der Waals surface area contributed by atoms with Gasteiger partial charge in [-0.15, -0.1) is 11.3 Å². The third-order valence-corrected chi connectivity index (χ3v) is 4.90. The van der Waals surface area contributed by atoms with Crippen molar-refractivity contribution in [1.29, 1.82) is 0 Å². The minimum Gasteiger partial charge on any atom is -0.464 e. The maximum Gasteiger partial charge on any atom is 0.357 e. The molecule has 0 atom stereocenters. The predicted octanol–water partition coefficient (Wildman–Crippen LogP) is 3.18. The molecule has 7 heteroatoms. The number of rotatable bonds is 5. The smallest absolute Gasteiger partial charge is 0.357 e. The first-order valence-electron chi connectivity index (χ1n) is 8.11. The lowest BCUT2D eigenvalue weighted by molar-refractivity contribution is 0.0594. The van der Waals surface area contributed by atoms with E-state index in [0.29, 0.717) is 12.2 Å². The van der Waals surface area contributed by atoms with Gasteiger partial charge in [0.1, 0.15) is 5.01 Å².